The van der Waals surface area contributed by atoms with Crippen LogP contribution in [0.15, 0.2) is 24.3 Å². The van der Waals surface area contributed by atoms with Crippen molar-refractivity contribution in [1.82, 2.24) is 0 Å². The molecule has 0 spiro atoms. The molecular weight excluding hydrogens is 250 g/mol. The van der Waals surface area contributed by atoms with Crippen LogP contribution >= 0.6 is 0 Å². The van der Waals surface area contributed by atoms with Crippen LogP contribution in [0.1, 0.15) is 43.9 Å². The molecule has 3 heteroatoms. The Bertz CT molecular complexity index is 467. The standard InChI is InChI=1S/C17H23NO2/c1-13(2)10-14-4-6-15(7-5-14)16(19)17(11-18)8-3-9-20-12-17/h4-7,13,16,19H,3,8-10,12H2,1-2H3. The first-order valence-electron chi connectivity index (χ1n) is 7.33. The Morgan fingerprint density at radius 1 is 1.35 bits per heavy atom. The van der Waals surface area contributed by atoms with Gasteiger partial charge in [0.1, 0.15) is 5.41 Å². The number of nitriles is 1. The molecule has 0 saturated carbocycles. The molecule has 1 heterocycles. The molecule has 20 heavy (non-hydrogen) atoms. The van der Waals surface area contributed by atoms with E-state index in [9.17, 15) is 10.4 Å². The first-order valence-corrected chi connectivity index (χ1v) is 7.33. The highest BCUT2D eigenvalue weighted by molar-refractivity contribution is 5.27. The Balaban J connectivity index is 2.15. The van der Waals surface area contributed by atoms with Gasteiger partial charge in [-0.2, -0.15) is 5.26 Å². The minimum Gasteiger partial charge on any atom is -0.387 e. The second kappa shape index (κ2) is 6.39. The van der Waals surface area contributed by atoms with Gasteiger partial charge in [-0.05, 0) is 36.3 Å². The first-order chi connectivity index (χ1) is 9.57. The molecule has 2 rings (SSSR count). The second-order valence-electron chi connectivity index (χ2n) is 6.17. The highest BCUT2D eigenvalue weighted by Crippen LogP contribution is 2.40. The maximum atomic E-state index is 10.6. The van der Waals surface area contributed by atoms with Gasteiger partial charge < -0.3 is 9.84 Å². The lowest BCUT2D eigenvalue weighted by atomic mass is 9.76. The lowest BCUT2D eigenvalue weighted by molar-refractivity contribution is -0.0505. The average molecular weight is 273 g/mol. The molecule has 1 saturated heterocycles. The van der Waals surface area contributed by atoms with Gasteiger partial charge in [0.25, 0.3) is 0 Å². The largest absolute Gasteiger partial charge is 0.387 e. The molecule has 1 aromatic carbocycles. The number of aliphatic hydroxyl groups excluding tert-OH is 1. The summed E-state index contributed by atoms with van der Waals surface area (Å²) in [6.45, 7) is 5.38. The van der Waals surface area contributed by atoms with Crippen LogP contribution in [0.3, 0.4) is 0 Å². The summed E-state index contributed by atoms with van der Waals surface area (Å²) in [5, 5.41) is 20.0. The molecule has 2 atom stereocenters. The molecule has 1 aliphatic rings. The minimum atomic E-state index is -0.794. The predicted octanol–water partition coefficient (Wildman–Crippen LogP) is 3.24. The molecule has 1 N–H and O–H groups in total. The Kier molecular flexibility index (Phi) is 4.80. The molecule has 1 aliphatic heterocycles. The summed E-state index contributed by atoms with van der Waals surface area (Å²) < 4.78 is 5.41. The van der Waals surface area contributed by atoms with E-state index in [-0.39, 0.29) is 0 Å². The topological polar surface area (TPSA) is 53.2 Å². The molecule has 1 aromatic rings. The van der Waals surface area contributed by atoms with Crippen molar-refractivity contribution in [3.8, 4) is 6.07 Å². The summed E-state index contributed by atoms with van der Waals surface area (Å²) in [6, 6.07) is 10.3. The maximum absolute atomic E-state index is 10.6. The number of hydrogen-bond donors (Lipinski definition) is 1. The fraction of sp³-hybridized carbons (Fsp3) is 0.588. The number of hydrogen-bond acceptors (Lipinski definition) is 3. The smallest absolute Gasteiger partial charge is 0.111 e. The molecule has 0 aliphatic carbocycles. The molecule has 0 bridgehead atoms. The molecular formula is C17H23NO2. The fourth-order valence-corrected chi connectivity index (χ4v) is 2.81. The van der Waals surface area contributed by atoms with Crippen LogP contribution in [-0.2, 0) is 11.2 Å². The third-order valence-electron chi connectivity index (χ3n) is 3.96. The van der Waals surface area contributed by atoms with Crippen LogP contribution < -0.4 is 0 Å². The van der Waals surface area contributed by atoms with E-state index in [4.69, 9.17) is 4.74 Å². The number of ether oxygens (including phenoxy) is 1. The number of benzene rings is 1. The number of nitrogens with zero attached hydrogens (tertiary/aromatic N) is 1. The zero-order chi connectivity index (χ0) is 14.6. The molecule has 1 fully saturated rings. The van der Waals surface area contributed by atoms with Gasteiger partial charge in [0.2, 0.25) is 0 Å². The van der Waals surface area contributed by atoms with Gasteiger partial charge in [-0.3, -0.25) is 0 Å². The van der Waals surface area contributed by atoms with E-state index in [0.29, 0.717) is 25.6 Å². The van der Waals surface area contributed by atoms with Crippen LogP contribution in [0.4, 0.5) is 0 Å². The maximum Gasteiger partial charge on any atom is 0.111 e. The van der Waals surface area contributed by atoms with Crippen molar-refractivity contribution in [2.24, 2.45) is 11.3 Å². The number of rotatable bonds is 4. The van der Waals surface area contributed by atoms with E-state index in [2.05, 4.69) is 19.9 Å². The van der Waals surface area contributed by atoms with Crippen molar-refractivity contribution in [2.75, 3.05) is 13.2 Å². The molecule has 2 unspecified atom stereocenters. The highest BCUT2D eigenvalue weighted by atomic mass is 16.5. The normalized spacial score (nSPS) is 24.4. The van der Waals surface area contributed by atoms with E-state index < -0.39 is 11.5 Å². The molecule has 0 radical (unpaired) electrons. The van der Waals surface area contributed by atoms with Gasteiger partial charge in [-0.1, -0.05) is 38.1 Å². The summed E-state index contributed by atoms with van der Waals surface area (Å²) in [4.78, 5) is 0. The van der Waals surface area contributed by atoms with E-state index in [1.807, 2.05) is 24.3 Å². The van der Waals surface area contributed by atoms with Gasteiger partial charge in [0, 0.05) is 6.61 Å². The Labute approximate surface area is 121 Å². The zero-order valence-electron chi connectivity index (χ0n) is 12.3. The quantitative estimate of drug-likeness (QED) is 0.916. The van der Waals surface area contributed by atoms with E-state index in [0.717, 1.165) is 18.4 Å². The van der Waals surface area contributed by atoms with Crippen LogP contribution in [0.5, 0.6) is 0 Å². The van der Waals surface area contributed by atoms with E-state index >= 15 is 0 Å². The summed E-state index contributed by atoms with van der Waals surface area (Å²) in [5.74, 6) is 0.614. The summed E-state index contributed by atoms with van der Waals surface area (Å²) in [7, 11) is 0. The Hall–Kier alpha value is -1.37. The summed E-state index contributed by atoms with van der Waals surface area (Å²) in [6.07, 6.45) is 1.78. The van der Waals surface area contributed by atoms with Crippen molar-refractivity contribution >= 4 is 0 Å². The van der Waals surface area contributed by atoms with Crippen molar-refractivity contribution in [1.29, 1.82) is 5.26 Å². The Morgan fingerprint density at radius 2 is 2.05 bits per heavy atom. The molecule has 3 nitrogen and oxygen atoms in total. The second-order valence-corrected chi connectivity index (χ2v) is 6.17. The monoisotopic (exact) mass is 273 g/mol. The first kappa shape index (κ1) is 15.0. The lowest BCUT2D eigenvalue weighted by Gasteiger charge is -2.35. The van der Waals surface area contributed by atoms with Crippen LogP contribution in [0, 0.1) is 22.7 Å². The van der Waals surface area contributed by atoms with Gasteiger partial charge in [0.05, 0.1) is 18.8 Å². The van der Waals surface area contributed by atoms with E-state index in [1.54, 1.807) is 0 Å². The summed E-state index contributed by atoms with van der Waals surface area (Å²) >= 11 is 0. The summed E-state index contributed by atoms with van der Waals surface area (Å²) in [5.41, 5.74) is 1.28. The Morgan fingerprint density at radius 3 is 2.55 bits per heavy atom. The third kappa shape index (κ3) is 3.20. The van der Waals surface area contributed by atoms with Crippen molar-refractivity contribution in [3.63, 3.8) is 0 Å². The van der Waals surface area contributed by atoms with Crippen molar-refractivity contribution in [3.05, 3.63) is 35.4 Å². The van der Waals surface area contributed by atoms with Crippen molar-refractivity contribution in [2.45, 2.75) is 39.2 Å². The van der Waals surface area contributed by atoms with E-state index in [1.165, 1.54) is 5.56 Å². The van der Waals surface area contributed by atoms with Gasteiger partial charge >= 0.3 is 0 Å². The average Bonchev–Trinajstić information content (AvgIpc) is 2.47. The van der Waals surface area contributed by atoms with Gasteiger partial charge in [-0.15, -0.1) is 0 Å². The molecule has 108 valence electrons. The van der Waals surface area contributed by atoms with Crippen molar-refractivity contribution < 1.29 is 9.84 Å². The lowest BCUT2D eigenvalue weighted by Crippen LogP contribution is -2.36. The minimum absolute atomic E-state index is 0.318. The SMILES string of the molecule is CC(C)Cc1ccc(C(O)C2(C#N)CCCOC2)cc1. The fourth-order valence-electron chi connectivity index (χ4n) is 2.81. The highest BCUT2D eigenvalue weighted by Gasteiger charge is 2.41. The predicted molar refractivity (Wildman–Crippen MR) is 78.0 cm³/mol. The van der Waals surface area contributed by atoms with Crippen LogP contribution in [0.25, 0.3) is 0 Å². The van der Waals surface area contributed by atoms with Gasteiger partial charge in [0.15, 0.2) is 0 Å². The van der Waals surface area contributed by atoms with Crippen LogP contribution in [-0.4, -0.2) is 18.3 Å². The van der Waals surface area contributed by atoms with Gasteiger partial charge in [-0.25, -0.2) is 0 Å². The number of aliphatic hydroxyl groups is 1. The molecule has 0 amide bonds. The third-order valence-corrected chi connectivity index (χ3v) is 3.96. The van der Waals surface area contributed by atoms with Crippen LogP contribution in [0.2, 0.25) is 0 Å². The zero-order valence-corrected chi connectivity index (χ0v) is 12.3. The molecule has 0 aromatic heterocycles.